The Balaban J connectivity index is 1.80. The number of aliphatic hydroxyl groups excluding tert-OH is 2. The molecule has 0 radical (unpaired) electrons. The van der Waals surface area contributed by atoms with Gasteiger partial charge in [0.25, 0.3) is 0 Å². The van der Waals surface area contributed by atoms with E-state index in [2.05, 4.69) is 0 Å². The summed E-state index contributed by atoms with van der Waals surface area (Å²) in [5, 5.41) is 55.4. The zero-order valence-electron chi connectivity index (χ0n) is 29.4. The number of carboxylic acid groups (broad SMARTS) is 1. The van der Waals surface area contributed by atoms with E-state index in [0.29, 0.717) is 38.5 Å². The van der Waals surface area contributed by atoms with Crippen LogP contribution in [0.15, 0.2) is 0 Å². The molecule has 262 valence electrons. The highest BCUT2D eigenvalue weighted by molar-refractivity contribution is 5.84. The average molecular weight is 643 g/mol. The minimum atomic E-state index is -1.89. The molecule has 10 nitrogen and oxygen atoms in total. The van der Waals surface area contributed by atoms with Crippen molar-refractivity contribution in [2.24, 2.45) is 47.3 Å². The van der Waals surface area contributed by atoms with E-state index in [9.17, 15) is 35.1 Å². The summed E-state index contributed by atoms with van der Waals surface area (Å²) in [4.78, 5) is 25.9. The number of hydrogen-bond acceptors (Lipinski definition) is 9. The van der Waals surface area contributed by atoms with Gasteiger partial charge >= 0.3 is 5.97 Å². The van der Waals surface area contributed by atoms with Crippen LogP contribution in [0.4, 0.5) is 0 Å². The van der Waals surface area contributed by atoms with E-state index in [1.807, 2.05) is 48.5 Å². The standard InChI is InChI=1S/C35H62O10/c1-12-25(30-19(5)16-32(11,43-30)35(42)21(7)17-33(14-3,45-35)26(36)13-2)28(38)22(8)27(37)23(9)29-18(4)15-20(6)34(41,44-29)24(10)31(39)40/h18-27,29-30,36-37,41-42H,12-17H2,1-11H3,(H,39,40)/t18-,19-,20+,21+,22-,23-,24-,25+,26-,27+,29-,30-,32-,33+,34+,35+/m0/s1. The minimum absolute atomic E-state index is 0.0790. The van der Waals surface area contributed by atoms with Crippen molar-refractivity contribution in [2.45, 2.75) is 162 Å². The van der Waals surface area contributed by atoms with Gasteiger partial charge in [-0.3, -0.25) is 9.59 Å². The number of hydrogen-bond donors (Lipinski definition) is 5. The zero-order chi connectivity index (χ0) is 34.4. The van der Waals surface area contributed by atoms with E-state index in [0.717, 1.165) is 0 Å². The van der Waals surface area contributed by atoms with Crippen molar-refractivity contribution < 1.29 is 49.3 Å². The van der Waals surface area contributed by atoms with Crippen molar-refractivity contribution in [1.82, 2.24) is 0 Å². The Kier molecular flexibility index (Phi) is 11.7. The van der Waals surface area contributed by atoms with Crippen molar-refractivity contribution in [1.29, 1.82) is 0 Å². The lowest BCUT2D eigenvalue weighted by molar-refractivity contribution is -0.332. The number of carbonyl (C=O) groups is 2. The third-order valence-corrected chi connectivity index (χ3v) is 12.2. The number of aliphatic carboxylic acids is 1. The molecule has 0 saturated carbocycles. The topological polar surface area (TPSA) is 163 Å². The summed E-state index contributed by atoms with van der Waals surface area (Å²) >= 11 is 0. The first-order chi connectivity index (χ1) is 20.7. The fraction of sp³-hybridized carbons (Fsp3) is 0.943. The van der Waals surface area contributed by atoms with Crippen LogP contribution in [0.2, 0.25) is 0 Å². The first-order valence-corrected chi connectivity index (χ1v) is 17.3. The number of rotatable bonds is 13. The highest BCUT2D eigenvalue weighted by Crippen LogP contribution is 2.56. The molecule has 3 aliphatic rings. The van der Waals surface area contributed by atoms with Gasteiger partial charge in [-0.05, 0) is 64.2 Å². The number of carboxylic acids is 1. The molecule has 5 N–H and O–H groups in total. The van der Waals surface area contributed by atoms with E-state index < -0.39 is 82.8 Å². The normalized spacial score (nSPS) is 44.6. The molecule has 0 amide bonds. The number of ether oxygens (including phenoxy) is 3. The van der Waals surface area contributed by atoms with Crippen LogP contribution in [-0.2, 0) is 23.8 Å². The Bertz CT molecular complexity index is 1050. The second kappa shape index (κ2) is 13.8. The molecule has 0 aromatic rings. The van der Waals surface area contributed by atoms with Gasteiger partial charge in [0.2, 0.25) is 0 Å². The van der Waals surface area contributed by atoms with Gasteiger partial charge in [0.05, 0.1) is 30.0 Å². The van der Waals surface area contributed by atoms with Crippen LogP contribution in [0, 0.1) is 47.3 Å². The van der Waals surface area contributed by atoms with Crippen molar-refractivity contribution in [3.63, 3.8) is 0 Å². The quantitative estimate of drug-likeness (QED) is 0.193. The second-order valence-electron chi connectivity index (χ2n) is 15.3. The predicted octanol–water partition coefficient (Wildman–Crippen LogP) is 4.53. The molecule has 45 heavy (non-hydrogen) atoms. The van der Waals surface area contributed by atoms with Crippen molar-refractivity contribution >= 4 is 11.8 Å². The molecule has 0 aromatic heterocycles. The Morgan fingerprint density at radius 3 is 1.98 bits per heavy atom. The highest BCUT2D eigenvalue weighted by Gasteiger charge is 2.67. The summed E-state index contributed by atoms with van der Waals surface area (Å²) in [5.41, 5.74) is -1.99. The van der Waals surface area contributed by atoms with Crippen LogP contribution >= 0.6 is 0 Å². The maximum absolute atomic E-state index is 14.1. The Labute approximate surface area is 270 Å². The SMILES string of the molecule is CC[C@H](C(=O)[C@@H](C)[C@@H](O)[C@H](C)[C@H]1O[C@@](O)([C@@H](C)C(=O)O)[C@H](C)C[C@@H]1C)[C@H]1O[C@](C)([C@]2(O)O[C@@](CC)([C@@H](O)CC)C[C@H]2C)C[C@@H]1C. The number of Topliss-reactive ketones (excluding diaryl/α,β-unsaturated/α-hetero) is 1. The van der Waals surface area contributed by atoms with Gasteiger partial charge < -0.3 is 39.7 Å². The van der Waals surface area contributed by atoms with Crippen LogP contribution in [0.25, 0.3) is 0 Å². The van der Waals surface area contributed by atoms with Crippen molar-refractivity contribution in [3.8, 4) is 0 Å². The molecule has 0 aliphatic carbocycles. The van der Waals surface area contributed by atoms with E-state index in [1.165, 1.54) is 6.92 Å². The Morgan fingerprint density at radius 2 is 1.47 bits per heavy atom. The van der Waals surface area contributed by atoms with Gasteiger partial charge in [0.15, 0.2) is 11.6 Å². The summed E-state index contributed by atoms with van der Waals surface area (Å²) in [6.07, 6.45) is -0.0253. The van der Waals surface area contributed by atoms with Crippen molar-refractivity contribution in [2.75, 3.05) is 0 Å². The van der Waals surface area contributed by atoms with Gasteiger partial charge in [-0.15, -0.1) is 0 Å². The minimum Gasteiger partial charge on any atom is -0.481 e. The summed E-state index contributed by atoms with van der Waals surface area (Å²) in [6.45, 7) is 20.2. The van der Waals surface area contributed by atoms with E-state index in [4.69, 9.17) is 14.2 Å². The van der Waals surface area contributed by atoms with Crippen LogP contribution in [0.3, 0.4) is 0 Å². The Hall–Kier alpha value is -1.14. The fourth-order valence-electron chi connectivity index (χ4n) is 9.06. The summed E-state index contributed by atoms with van der Waals surface area (Å²) in [6, 6.07) is 0. The zero-order valence-corrected chi connectivity index (χ0v) is 29.4. The summed E-state index contributed by atoms with van der Waals surface area (Å²) in [5.74, 6) is -8.84. The lowest BCUT2D eigenvalue weighted by Gasteiger charge is -2.49. The van der Waals surface area contributed by atoms with Crippen LogP contribution in [0.1, 0.15) is 115 Å². The smallest absolute Gasteiger partial charge is 0.311 e. The van der Waals surface area contributed by atoms with Crippen LogP contribution in [0.5, 0.6) is 0 Å². The van der Waals surface area contributed by atoms with Crippen molar-refractivity contribution in [3.05, 3.63) is 0 Å². The number of carbonyl (C=O) groups excluding carboxylic acids is 1. The maximum Gasteiger partial charge on any atom is 0.311 e. The van der Waals surface area contributed by atoms with Crippen LogP contribution < -0.4 is 0 Å². The van der Waals surface area contributed by atoms with Crippen LogP contribution in [-0.4, -0.2) is 84.5 Å². The van der Waals surface area contributed by atoms with Gasteiger partial charge in [-0.25, -0.2) is 0 Å². The number of ketones is 1. The first-order valence-electron chi connectivity index (χ1n) is 17.3. The molecule has 3 aliphatic heterocycles. The molecule has 0 bridgehead atoms. The third kappa shape index (κ3) is 6.51. The molecular weight excluding hydrogens is 580 g/mol. The second-order valence-corrected chi connectivity index (χ2v) is 15.3. The van der Waals surface area contributed by atoms with Gasteiger partial charge in [0.1, 0.15) is 17.3 Å². The summed E-state index contributed by atoms with van der Waals surface area (Å²) < 4.78 is 19.2. The molecule has 3 heterocycles. The molecule has 10 heteroatoms. The van der Waals surface area contributed by atoms with Gasteiger partial charge in [-0.1, -0.05) is 62.3 Å². The molecule has 0 spiro atoms. The fourth-order valence-corrected chi connectivity index (χ4v) is 9.06. The average Bonchev–Trinajstić information content (AvgIpc) is 3.46. The molecule has 16 atom stereocenters. The van der Waals surface area contributed by atoms with Gasteiger partial charge in [0, 0.05) is 29.6 Å². The predicted molar refractivity (Wildman–Crippen MR) is 169 cm³/mol. The number of aliphatic hydroxyl groups is 4. The molecule has 3 saturated heterocycles. The lowest BCUT2D eigenvalue weighted by atomic mass is 9.72. The third-order valence-electron chi connectivity index (χ3n) is 12.2. The molecule has 0 aromatic carbocycles. The first kappa shape index (κ1) is 38.3. The molecular formula is C35H62O10. The Morgan fingerprint density at radius 1 is 0.867 bits per heavy atom. The molecule has 3 rings (SSSR count). The summed E-state index contributed by atoms with van der Waals surface area (Å²) in [7, 11) is 0. The van der Waals surface area contributed by atoms with E-state index >= 15 is 0 Å². The monoisotopic (exact) mass is 642 g/mol. The molecule has 0 unspecified atom stereocenters. The highest BCUT2D eigenvalue weighted by atomic mass is 16.7. The largest absolute Gasteiger partial charge is 0.481 e. The van der Waals surface area contributed by atoms with E-state index in [1.54, 1.807) is 20.8 Å². The van der Waals surface area contributed by atoms with Gasteiger partial charge in [-0.2, -0.15) is 0 Å². The maximum atomic E-state index is 14.1. The lowest BCUT2D eigenvalue weighted by Crippen LogP contribution is -2.58. The molecule has 3 fully saturated rings. The van der Waals surface area contributed by atoms with E-state index in [-0.39, 0.29) is 23.5 Å².